The Morgan fingerprint density at radius 2 is 2.08 bits per heavy atom. The second-order valence-corrected chi connectivity index (χ2v) is 8.45. The molecule has 0 saturated heterocycles. The third kappa shape index (κ3) is 3.71. The second kappa shape index (κ2) is 7.28. The molecule has 4 N–H and O–H groups in total. The van der Waals surface area contributed by atoms with Crippen LogP contribution in [0.15, 0.2) is 35.2 Å². The van der Waals surface area contributed by atoms with Crippen LogP contribution >= 0.6 is 0 Å². The van der Waals surface area contributed by atoms with Gasteiger partial charge in [-0.25, -0.2) is 13.1 Å². The third-order valence-electron chi connectivity index (χ3n) is 4.91. The lowest BCUT2D eigenvalue weighted by Crippen LogP contribution is -2.46. The highest BCUT2D eigenvalue weighted by molar-refractivity contribution is 7.90. The number of hydrogen-bond acceptors (Lipinski definition) is 6. The van der Waals surface area contributed by atoms with Gasteiger partial charge in [0.05, 0.1) is 12.8 Å². The van der Waals surface area contributed by atoms with Crippen LogP contribution in [0.2, 0.25) is 0 Å². The highest BCUT2D eigenvalue weighted by Crippen LogP contribution is 2.43. The summed E-state index contributed by atoms with van der Waals surface area (Å²) in [4.78, 5) is 12.5. The largest absolute Gasteiger partial charge is 0.495 e. The Morgan fingerprint density at radius 3 is 2.85 bits per heavy atom. The number of sulfonamides is 1. The lowest BCUT2D eigenvalue weighted by Gasteiger charge is -2.17. The van der Waals surface area contributed by atoms with Gasteiger partial charge in [0.25, 0.3) is 15.9 Å². The van der Waals surface area contributed by atoms with Gasteiger partial charge in [-0.3, -0.25) is 4.79 Å². The molecule has 0 spiro atoms. The van der Waals surface area contributed by atoms with E-state index in [2.05, 4.69) is 10.0 Å². The van der Waals surface area contributed by atoms with Crippen LogP contribution in [0, 0.1) is 5.92 Å². The summed E-state index contributed by atoms with van der Waals surface area (Å²) in [7, 11) is -2.73. The molecule has 1 aromatic rings. The van der Waals surface area contributed by atoms with Crippen LogP contribution in [-0.4, -0.2) is 33.5 Å². The molecule has 1 fully saturated rings. The number of methoxy groups -OCH3 is 1. The molecule has 1 aromatic carbocycles. The Balaban J connectivity index is 1.97. The maximum Gasteiger partial charge on any atom is 0.269 e. The Morgan fingerprint density at radius 1 is 1.27 bits per heavy atom. The minimum Gasteiger partial charge on any atom is -0.495 e. The smallest absolute Gasteiger partial charge is 0.269 e. The van der Waals surface area contributed by atoms with Gasteiger partial charge in [-0.2, -0.15) is 0 Å². The van der Waals surface area contributed by atoms with E-state index in [1.165, 1.54) is 7.11 Å². The SMILES string of the molecule is COc1cccc2c1S(=O)(=O)NC(=O)[C@@]1(N)C[C@H]1/C=C\CCCCCN2. The van der Waals surface area contributed by atoms with E-state index in [4.69, 9.17) is 10.5 Å². The van der Waals surface area contributed by atoms with Gasteiger partial charge in [0.15, 0.2) is 4.90 Å². The molecule has 2 atom stereocenters. The fourth-order valence-corrected chi connectivity index (χ4v) is 4.60. The van der Waals surface area contributed by atoms with Crippen molar-refractivity contribution in [2.45, 2.75) is 42.5 Å². The zero-order valence-electron chi connectivity index (χ0n) is 14.8. The summed E-state index contributed by atoms with van der Waals surface area (Å²) in [6.45, 7) is 0.636. The van der Waals surface area contributed by atoms with Crippen molar-refractivity contribution >= 4 is 21.6 Å². The monoisotopic (exact) mass is 379 g/mol. The van der Waals surface area contributed by atoms with Crippen LogP contribution < -0.4 is 20.5 Å². The van der Waals surface area contributed by atoms with Gasteiger partial charge >= 0.3 is 0 Å². The van der Waals surface area contributed by atoms with Crippen molar-refractivity contribution in [3.63, 3.8) is 0 Å². The first kappa shape index (κ1) is 18.7. The van der Waals surface area contributed by atoms with Crippen molar-refractivity contribution in [2.24, 2.45) is 11.7 Å². The van der Waals surface area contributed by atoms with Gasteiger partial charge in [0, 0.05) is 12.5 Å². The molecule has 0 aromatic heterocycles. The number of nitrogens with one attached hydrogen (secondary N) is 2. The standard InChI is InChI=1S/C18H25N3O4S/c1-25-15-10-7-9-14-16(15)26(23,24)21-17(22)18(19)12-13(18)8-5-3-2-4-6-11-20-14/h5,7-10,13,20H,2-4,6,11-12,19H2,1H3,(H,21,22)/b8-5-/t13-,18-/m1/s1. The highest BCUT2D eigenvalue weighted by atomic mass is 32.2. The van der Waals surface area contributed by atoms with Crippen LogP contribution in [0.4, 0.5) is 5.69 Å². The van der Waals surface area contributed by atoms with Crippen molar-refractivity contribution in [1.29, 1.82) is 0 Å². The quantitative estimate of drug-likeness (QED) is 0.641. The maximum atomic E-state index is 12.9. The van der Waals surface area contributed by atoms with Crippen molar-refractivity contribution in [1.82, 2.24) is 4.72 Å². The third-order valence-corrected chi connectivity index (χ3v) is 6.32. The highest BCUT2D eigenvalue weighted by Gasteiger charge is 2.56. The van der Waals surface area contributed by atoms with Gasteiger partial charge < -0.3 is 15.8 Å². The van der Waals surface area contributed by atoms with Crippen LogP contribution in [0.1, 0.15) is 32.1 Å². The molecular weight excluding hydrogens is 354 g/mol. The molecule has 7 nitrogen and oxygen atoms in total. The number of anilines is 1. The average molecular weight is 379 g/mol. The average Bonchev–Trinajstić information content (AvgIpc) is 3.27. The van der Waals surface area contributed by atoms with E-state index in [-0.39, 0.29) is 16.6 Å². The first-order chi connectivity index (χ1) is 12.4. The number of nitrogens with two attached hydrogens (primary N) is 1. The number of carbonyl (C=O) groups is 1. The first-order valence-electron chi connectivity index (χ1n) is 8.82. The molecule has 3 rings (SSSR count). The summed E-state index contributed by atoms with van der Waals surface area (Å²) in [6, 6.07) is 4.93. The number of rotatable bonds is 1. The zero-order valence-corrected chi connectivity index (χ0v) is 15.6. The Bertz CT molecular complexity index is 822. The maximum absolute atomic E-state index is 12.9. The van der Waals surface area contributed by atoms with Gasteiger partial charge in [0.1, 0.15) is 11.3 Å². The van der Waals surface area contributed by atoms with Crippen LogP contribution in [-0.2, 0) is 14.8 Å². The van der Waals surface area contributed by atoms with E-state index in [1.807, 2.05) is 12.2 Å². The minimum absolute atomic E-state index is 0.0675. The zero-order chi connectivity index (χ0) is 18.8. The molecule has 1 amide bonds. The molecule has 8 heteroatoms. The van der Waals surface area contributed by atoms with E-state index in [1.54, 1.807) is 18.2 Å². The van der Waals surface area contributed by atoms with Crippen molar-refractivity contribution < 1.29 is 17.9 Å². The molecule has 1 saturated carbocycles. The van der Waals surface area contributed by atoms with Crippen LogP contribution in [0.5, 0.6) is 5.75 Å². The topological polar surface area (TPSA) is 111 Å². The van der Waals surface area contributed by atoms with E-state index in [0.29, 0.717) is 18.7 Å². The van der Waals surface area contributed by atoms with Crippen molar-refractivity contribution in [3.05, 3.63) is 30.4 Å². The summed E-state index contributed by atoms with van der Waals surface area (Å²) >= 11 is 0. The number of ether oxygens (including phenoxy) is 1. The summed E-state index contributed by atoms with van der Waals surface area (Å²) in [5.41, 5.74) is 5.36. The van der Waals surface area contributed by atoms with Gasteiger partial charge in [-0.05, 0) is 37.8 Å². The second-order valence-electron chi connectivity index (χ2n) is 6.83. The summed E-state index contributed by atoms with van der Waals surface area (Å²) in [5, 5.41) is 3.15. The predicted octanol–water partition coefficient (Wildman–Crippen LogP) is 1.76. The van der Waals surface area contributed by atoms with E-state index in [0.717, 1.165) is 25.7 Å². The number of amides is 1. The molecule has 0 bridgehead atoms. The molecule has 1 aliphatic carbocycles. The van der Waals surface area contributed by atoms with Crippen LogP contribution in [0.3, 0.4) is 0 Å². The number of carbonyl (C=O) groups excluding carboxylic acids is 1. The molecule has 26 heavy (non-hydrogen) atoms. The number of fused-ring (bicyclic) bond motifs is 2. The molecule has 0 radical (unpaired) electrons. The summed E-state index contributed by atoms with van der Waals surface area (Å²) < 4.78 is 33.2. The fourth-order valence-electron chi connectivity index (χ4n) is 3.21. The molecular formula is C18H25N3O4S. The fraction of sp³-hybridized carbons (Fsp3) is 0.500. The van der Waals surface area contributed by atoms with Crippen molar-refractivity contribution in [2.75, 3.05) is 19.0 Å². The Kier molecular flexibility index (Phi) is 5.24. The van der Waals surface area contributed by atoms with Crippen molar-refractivity contribution in [3.8, 4) is 5.75 Å². The van der Waals surface area contributed by atoms with Gasteiger partial charge in [0.2, 0.25) is 0 Å². The predicted molar refractivity (Wildman–Crippen MR) is 99.4 cm³/mol. The Hall–Kier alpha value is -2.06. The van der Waals surface area contributed by atoms with Crippen LogP contribution in [0.25, 0.3) is 0 Å². The molecule has 1 aliphatic heterocycles. The van der Waals surface area contributed by atoms with Gasteiger partial charge in [-0.15, -0.1) is 0 Å². The number of benzene rings is 1. The van der Waals surface area contributed by atoms with E-state index < -0.39 is 21.5 Å². The molecule has 142 valence electrons. The minimum atomic E-state index is -4.13. The number of hydrogen-bond donors (Lipinski definition) is 3. The lowest BCUT2D eigenvalue weighted by atomic mass is 10.1. The lowest BCUT2D eigenvalue weighted by molar-refractivity contribution is -0.121. The normalized spacial score (nSPS) is 29.6. The number of allylic oxidation sites excluding steroid dienone is 1. The summed E-state index contributed by atoms with van der Waals surface area (Å²) in [6.07, 6.45) is 8.32. The Labute approximate surface area is 154 Å². The molecule has 0 unspecified atom stereocenters. The molecule has 1 heterocycles. The van der Waals surface area contributed by atoms with E-state index in [9.17, 15) is 13.2 Å². The summed E-state index contributed by atoms with van der Waals surface area (Å²) in [5.74, 6) is -0.630. The van der Waals surface area contributed by atoms with Gasteiger partial charge in [-0.1, -0.05) is 24.6 Å². The molecule has 2 aliphatic rings. The van der Waals surface area contributed by atoms with E-state index >= 15 is 0 Å². The first-order valence-corrected chi connectivity index (χ1v) is 10.3.